The minimum atomic E-state index is -0.673. The Bertz CT molecular complexity index is 454. The Hall–Kier alpha value is -1.58. The van der Waals surface area contributed by atoms with Gasteiger partial charge in [0.1, 0.15) is 23.2 Å². The number of Topliss-reactive ketones (excluding diaryl/α,β-unsaturated/α-hetero) is 2. The van der Waals surface area contributed by atoms with Gasteiger partial charge in [-0.2, -0.15) is 0 Å². The number of hydrogen-bond donors (Lipinski definition) is 0. The van der Waals surface area contributed by atoms with Crippen molar-refractivity contribution in [3.63, 3.8) is 0 Å². The standard InChI is InChI=1S/C12H10F2O2/c13-7-1-4-11(14)10(5-7)9-3-2-8(15)6-12(9)16/h1,4-5,9H,2-3,6H2/t9-/m1/s1. The van der Waals surface area contributed by atoms with Crippen molar-refractivity contribution in [1.29, 1.82) is 0 Å². The summed E-state index contributed by atoms with van der Waals surface area (Å²) in [5, 5.41) is 0. The summed E-state index contributed by atoms with van der Waals surface area (Å²) < 4.78 is 26.4. The smallest absolute Gasteiger partial charge is 0.147 e. The molecule has 2 rings (SSSR count). The van der Waals surface area contributed by atoms with Gasteiger partial charge in [-0.05, 0) is 24.6 Å². The number of halogens is 2. The monoisotopic (exact) mass is 224 g/mol. The van der Waals surface area contributed by atoms with Gasteiger partial charge in [0.2, 0.25) is 0 Å². The van der Waals surface area contributed by atoms with Crippen LogP contribution in [0.4, 0.5) is 8.78 Å². The largest absolute Gasteiger partial charge is 0.299 e. The van der Waals surface area contributed by atoms with Crippen molar-refractivity contribution < 1.29 is 18.4 Å². The van der Waals surface area contributed by atoms with Crippen LogP contribution in [-0.2, 0) is 9.59 Å². The Kier molecular flexibility index (Phi) is 2.81. The Morgan fingerprint density at radius 1 is 1.19 bits per heavy atom. The Morgan fingerprint density at radius 3 is 2.62 bits per heavy atom. The van der Waals surface area contributed by atoms with Crippen molar-refractivity contribution in [3.05, 3.63) is 35.4 Å². The van der Waals surface area contributed by atoms with Crippen LogP contribution in [0.15, 0.2) is 18.2 Å². The summed E-state index contributed by atoms with van der Waals surface area (Å²) in [6, 6.07) is 3.05. The van der Waals surface area contributed by atoms with E-state index in [2.05, 4.69) is 0 Å². The second-order valence-electron chi connectivity index (χ2n) is 3.94. The van der Waals surface area contributed by atoms with E-state index in [0.29, 0.717) is 0 Å². The van der Waals surface area contributed by atoms with E-state index in [1.807, 2.05) is 0 Å². The molecule has 1 aliphatic rings. The fourth-order valence-electron chi connectivity index (χ4n) is 1.98. The lowest BCUT2D eigenvalue weighted by Gasteiger charge is -2.20. The van der Waals surface area contributed by atoms with E-state index < -0.39 is 17.6 Å². The molecule has 16 heavy (non-hydrogen) atoms. The predicted molar refractivity (Wildman–Crippen MR) is 53.0 cm³/mol. The van der Waals surface area contributed by atoms with Crippen molar-refractivity contribution in [1.82, 2.24) is 0 Å². The topological polar surface area (TPSA) is 34.1 Å². The molecule has 0 radical (unpaired) electrons. The van der Waals surface area contributed by atoms with Crippen LogP contribution in [0.3, 0.4) is 0 Å². The first-order chi connectivity index (χ1) is 7.58. The summed E-state index contributed by atoms with van der Waals surface area (Å²) >= 11 is 0. The maximum absolute atomic E-state index is 13.4. The number of carbonyl (C=O) groups is 2. The lowest BCUT2D eigenvalue weighted by molar-refractivity contribution is -0.130. The van der Waals surface area contributed by atoms with E-state index >= 15 is 0 Å². The second-order valence-corrected chi connectivity index (χ2v) is 3.94. The zero-order chi connectivity index (χ0) is 11.7. The van der Waals surface area contributed by atoms with Crippen LogP contribution in [0, 0.1) is 11.6 Å². The molecule has 0 spiro atoms. The molecule has 84 valence electrons. The first kappa shape index (κ1) is 10.9. The molecular formula is C12H10F2O2. The minimum Gasteiger partial charge on any atom is -0.299 e. The molecule has 0 amide bonds. The number of ketones is 2. The van der Waals surface area contributed by atoms with Gasteiger partial charge < -0.3 is 0 Å². The van der Waals surface area contributed by atoms with Crippen LogP contribution in [-0.4, -0.2) is 11.6 Å². The minimum absolute atomic E-state index is 0.0671. The van der Waals surface area contributed by atoms with E-state index in [-0.39, 0.29) is 36.4 Å². The average Bonchev–Trinajstić information content (AvgIpc) is 2.22. The van der Waals surface area contributed by atoms with Crippen molar-refractivity contribution in [2.24, 2.45) is 0 Å². The molecule has 0 bridgehead atoms. The van der Waals surface area contributed by atoms with Gasteiger partial charge >= 0.3 is 0 Å². The summed E-state index contributed by atoms with van der Waals surface area (Å²) in [7, 11) is 0. The van der Waals surface area contributed by atoms with Crippen molar-refractivity contribution in [2.75, 3.05) is 0 Å². The molecule has 4 heteroatoms. The van der Waals surface area contributed by atoms with Crippen LogP contribution in [0.25, 0.3) is 0 Å². The summed E-state index contributed by atoms with van der Waals surface area (Å²) in [6.07, 6.45) is 0.366. The van der Waals surface area contributed by atoms with Gasteiger partial charge in [-0.1, -0.05) is 0 Å². The highest BCUT2D eigenvalue weighted by molar-refractivity contribution is 6.04. The zero-order valence-corrected chi connectivity index (χ0v) is 8.50. The van der Waals surface area contributed by atoms with Crippen molar-refractivity contribution in [2.45, 2.75) is 25.2 Å². The highest BCUT2D eigenvalue weighted by atomic mass is 19.1. The molecule has 1 aliphatic carbocycles. The molecule has 0 unspecified atom stereocenters. The Morgan fingerprint density at radius 2 is 1.94 bits per heavy atom. The molecule has 1 atom stereocenters. The molecule has 0 heterocycles. The van der Waals surface area contributed by atoms with E-state index in [1.165, 1.54) is 0 Å². The zero-order valence-electron chi connectivity index (χ0n) is 8.50. The number of carbonyl (C=O) groups excluding carboxylic acids is 2. The summed E-state index contributed by atoms with van der Waals surface area (Å²) in [5.41, 5.74) is 0.0671. The number of benzene rings is 1. The van der Waals surface area contributed by atoms with Crippen LogP contribution < -0.4 is 0 Å². The van der Waals surface area contributed by atoms with Gasteiger partial charge in [0, 0.05) is 17.9 Å². The van der Waals surface area contributed by atoms with E-state index in [1.54, 1.807) is 0 Å². The molecule has 1 fully saturated rings. The van der Waals surface area contributed by atoms with Crippen molar-refractivity contribution in [3.8, 4) is 0 Å². The van der Waals surface area contributed by atoms with Gasteiger partial charge in [0.05, 0.1) is 6.42 Å². The van der Waals surface area contributed by atoms with Gasteiger partial charge in [0.15, 0.2) is 0 Å². The third-order valence-corrected chi connectivity index (χ3v) is 2.81. The van der Waals surface area contributed by atoms with E-state index in [4.69, 9.17) is 0 Å². The van der Waals surface area contributed by atoms with Gasteiger partial charge in [-0.15, -0.1) is 0 Å². The second kappa shape index (κ2) is 4.12. The molecule has 0 aromatic heterocycles. The first-order valence-electron chi connectivity index (χ1n) is 5.07. The fourth-order valence-corrected chi connectivity index (χ4v) is 1.98. The molecule has 1 saturated carbocycles. The molecule has 2 nitrogen and oxygen atoms in total. The van der Waals surface area contributed by atoms with Gasteiger partial charge in [-0.25, -0.2) is 8.78 Å². The summed E-state index contributed by atoms with van der Waals surface area (Å²) in [4.78, 5) is 22.6. The number of rotatable bonds is 1. The molecular weight excluding hydrogens is 214 g/mol. The van der Waals surface area contributed by atoms with Crippen LogP contribution >= 0.6 is 0 Å². The fraction of sp³-hybridized carbons (Fsp3) is 0.333. The Labute approximate surface area is 91.3 Å². The maximum atomic E-state index is 13.4. The van der Waals surface area contributed by atoms with Gasteiger partial charge in [-0.3, -0.25) is 9.59 Å². The maximum Gasteiger partial charge on any atom is 0.147 e. The molecule has 0 N–H and O–H groups in total. The van der Waals surface area contributed by atoms with Gasteiger partial charge in [0.25, 0.3) is 0 Å². The first-order valence-corrected chi connectivity index (χ1v) is 5.07. The molecule has 1 aromatic rings. The Balaban J connectivity index is 2.33. The third kappa shape index (κ3) is 2.01. The molecule has 1 aromatic carbocycles. The van der Waals surface area contributed by atoms with Crippen molar-refractivity contribution >= 4 is 11.6 Å². The quantitative estimate of drug-likeness (QED) is 0.686. The highest BCUT2D eigenvalue weighted by Gasteiger charge is 2.30. The lowest BCUT2D eigenvalue weighted by atomic mass is 9.82. The van der Waals surface area contributed by atoms with E-state index in [0.717, 1.165) is 18.2 Å². The normalized spacial score (nSPS) is 21.2. The predicted octanol–water partition coefficient (Wildman–Crippen LogP) is 2.37. The molecule has 0 saturated heterocycles. The summed E-state index contributed by atoms with van der Waals surface area (Å²) in [6.45, 7) is 0. The SMILES string of the molecule is O=C1CC[C@H](c2cc(F)ccc2F)C(=O)C1. The van der Waals surface area contributed by atoms with Crippen LogP contribution in [0.5, 0.6) is 0 Å². The average molecular weight is 224 g/mol. The summed E-state index contributed by atoms with van der Waals surface area (Å²) in [5.74, 6) is -2.28. The van der Waals surface area contributed by atoms with Crippen LogP contribution in [0.1, 0.15) is 30.7 Å². The molecule has 0 aliphatic heterocycles. The third-order valence-electron chi connectivity index (χ3n) is 2.81. The highest BCUT2D eigenvalue weighted by Crippen LogP contribution is 2.30. The number of hydrogen-bond acceptors (Lipinski definition) is 2. The lowest BCUT2D eigenvalue weighted by Crippen LogP contribution is -2.24. The van der Waals surface area contributed by atoms with E-state index in [9.17, 15) is 18.4 Å². The van der Waals surface area contributed by atoms with Crippen LogP contribution in [0.2, 0.25) is 0 Å².